The van der Waals surface area contributed by atoms with E-state index in [0.717, 1.165) is 31.2 Å². The molecule has 0 amide bonds. The van der Waals surface area contributed by atoms with Crippen LogP contribution >= 0.6 is 34.3 Å². The van der Waals surface area contributed by atoms with Gasteiger partial charge in [-0.1, -0.05) is 29.8 Å². The number of hydrogen-bond acceptors (Lipinski definition) is 3. The number of nitrogens with zero attached hydrogens (tertiary/aromatic N) is 1. The van der Waals surface area contributed by atoms with Crippen molar-refractivity contribution in [1.29, 1.82) is 0 Å². The standard InChI is InChI=1S/C16H9ClF3NS2/c17-14-7-6-12(22-14)13-9-21-15(23-13)8-3-10-1-4-11(5-2-10)16(18,19)20/h1-9H/b8-3+. The number of alkyl halides is 3. The lowest BCUT2D eigenvalue weighted by molar-refractivity contribution is -0.137. The van der Waals surface area contributed by atoms with Crippen LogP contribution in [0.15, 0.2) is 42.6 Å². The summed E-state index contributed by atoms with van der Waals surface area (Å²) in [6.45, 7) is 0. The molecule has 118 valence electrons. The van der Waals surface area contributed by atoms with Gasteiger partial charge in [-0.3, -0.25) is 0 Å². The lowest BCUT2D eigenvalue weighted by atomic mass is 10.1. The van der Waals surface area contributed by atoms with Gasteiger partial charge in [0, 0.05) is 11.1 Å². The normalized spacial score (nSPS) is 12.2. The number of thiophene rings is 1. The summed E-state index contributed by atoms with van der Waals surface area (Å²) in [7, 11) is 0. The number of hydrogen-bond donors (Lipinski definition) is 0. The van der Waals surface area contributed by atoms with Gasteiger partial charge in [-0.15, -0.1) is 22.7 Å². The van der Waals surface area contributed by atoms with Crippen LogP contribution in [0.4, 0.5) is 13.2 Å². The third kappa shape index (κ3) is 4.02. The van der Waals surface area contributed by atoms with E-state index in [0.29, 0.717) is 5.56 Å². The number of halogens is 4. The van der Waals surface area contributed by atoms with Crippen LogP contribution in [-0.2, 0) is 6.18 Å². The lowest BCUT2D eigenvalue weighted by Gasteiger charge is -2.05. The molecular formula is C16H9ClF3NS2. The van der Waals surface area contributed by atoms with E-state index in [2.05, 4.69) is 4.98 Å². The summed E-state index contributed by atoms with van der Waals surface area (Å²) in [5.41, 5.74) is 0.0367. The van der Waals surface area contributed by atoms with Crippen molar-refractivity contribution in [3.8, 4) is 9.75 Å². The highest BCUT2D eigenvalue weighted by molar-refractivity contribution is 7.24. The molecule has 0 N–H and O–H groups in total. The van der Waals surface area contributed by atoms with Gasteiger partial charge < -0.3 is 0 Å². The molecule has 7 heteroatoms. The molecule has 0 spiro atoms. The van der Waals surface area contributed by atoms with Crippen molar-refractivity contribution in [1.82, 2.24) is 4.98 Å². The lowest BCUT2D eigenvalue weighted by Crippen LogP contribution is -2.03. The topological polar surface area (TPSA) is 12.9 Å². The average molecular weight is 372 g/mol. The second kappa shape index (κ2) is 6.47. The Balaban J connectivity index is 1.74. The minimum atomic E-state index is -4.31. The second-order valence-electron chi connectivity index (χ2n) is 4.62. The molecule has 3 rings (SSSR count). The highest BCUT2D eigenvalue weighted by Crippen LogP contribution is 2.35. The maximum Gasteiger partial charge on any atom is 0.416 e. The van der Waals surface area contributed by atoms with E-state index in [1.54, 1.807) is 18.3 Å². The molecule has 0 bridgehead atoms. The quantitative estimate of drug-likeness (QED) is 0.498. The smallest absolute Gasteiger partial charge is 0.244 e. The van der Waals surface area contributed by atoms with Crippen molar-refractivity contribution in [3.63, 3.8) is 0 Å². The van der Waals surface area contributed by atoms with E-state index in [1.807, 2.05) is 12.1 Å². The van der Waals surface area contributed by atoms with Gasteiger partial charge in [0.15, 0.2) is 0 Å². The maximum atomic E-state index is 12.5. The Labute approximate surface area is 143 Å². The second-order valence-corrected chi connectivity index (χ2v) is 7.40. The molecule has 2 heterocycles. The average Bonchev–Trinajstić information content (AvgIpc) is 3.13. The molecule has 0 radical (unpaired) electrons. The van der Waals surface area contributed by atoms with Gasteiger partial charge in [-0.05, 0) is 35.9 Å². The first-order valence-corrected chi connectivity index (χ1v) is 8.50. The summed E-state index contributed by atoms with van der Waals surface area (Å²) in [5.74, 6) is 0. The van der Waals surface area contributed by atoms with Gasteiger partial charge in [0.25, 0.3) is 0 Å². The molecule has 23 heavy (non-hydrogen) atoms. The molecule has 2 aromatic heterocycles. The number of aromatic nitrogens is 1. The van der Waals surface area contributed by atoms with E-state index >= 15 is 0 Å². The van der Waals surface area contributed by atoms with Crippen LogP contribution in [0.5, 0.6) is 0 Å². The van der Waals surface area contributed by atoms with E-state index < -0.39 is 11.7 Å². The Kier molecular flexibility index (Phi) is 4.57. The third-order valence-electron chi connectivity index (χ3n) is 3.00. The van der Waals surface area contributed by atoms with Crippen LogP contribution < -0.4 is 0 Å². The largest absolute Gasteiger partial charge is 0.416 e. The molecule has 1 aromatic carbocycles. The van der Waals surface area contributed by atoms with Gasteiger partial charge in [0.2, 0.25) is 0 Å². The Morgan fingerprint density at radius 1 is 0.913 bits per heavy atom. The zero-order valence-corrected chi connectivity index (χ0v) is 13.9. The summed E-state index contributed by atoms with van der Waals surface area (Å²) in [6.07, 6.45) is 0.976. The molecule has 0 atom stereocenters. The van der Waals surface area contributed by atoms with Gasteiger partial charge >= 0.3 is 6.18 Å². The third-order valence-corrected chi connectivity index (χ3v) is 5.39. The predicted molar refractivity (Wildman–Crippen MR) is 90.8 cm³/mol. The van der Waals surface area contributed by atoms with Crippen LogP contribution in [0.1, 0.15) is 16.1 Å². The molecule has 0 aliphatic carbocycles. The number of rotatable bonds is 3. The number of thiazole rings is 1. The summed E-state index contributed by atoms with van der Waals surface area (Å²) < 4.78 is 38.2. The summed E-state index contributed by atoms with van der Waals surface area (Å²) in [4.78, 5) is 6.34. The molecule has 0 fully saturated rings. The fourth-order valence-corrected chi connectivity index (χ4v) is 3.81. The van der Waals surface area contributed by atoms with Crippen LogP contribution in [0.3, 0.4) is 0 Å². The van der Waals surface area contributed by atoms with Gasteiger partial charge in [0.05, 0.1) is 14.8 Å². The van der Waals surface area contributed by atoms with Crippen LogP contribution in [0.2, 0.25) is 4.34 Å². The van der Waals surface area contributed by atoms with E-state index in [1.165, 1.54) is 34.8 Å². The van der Waals surface area contributed by atoms with Crippen LogP contribution in [0, 0.1) is 0 Å². The minimum absolute atomic E-state index is 0.652. The first-order valence-electron chi connectivity index (χ1n) is 6.49. The van der Waals surface area contributed by atoms with Crippen LogP contribution in [0.25, 0.3) is 21.9 Å². The van der Waals surface area contributed by atoms with Gasteiger partial charge in [-0.25, -0.2) is 4.98 Å². The molecular weight excluding hydrogens is 363 g/mol. The first kappa shape index (κ1) is 16.2. The fraction of sp³-hybridized carbons (Fsp3) is 0.0625. The van der Waals surface area contributed by atoms with Crippen molar-refractivity contribution in [2.45, 2.75) is 6.18 Å². The van der Waals surface area contributed by atoms with Crippen LogP contribution in [-0.4, -0.2) is 4.98 Å². The highest BCUT2D eigenvalue weighted by Gasteiger charge is 2.29. The Morgan fingerprint density at radius 3 is 2.26 bits per heavy atom. The molecule has 0 saturated heterocycles. The summed E-state index contributed by atoms with van der Waals surface area (Å²) >= 11 is 8.89. The zero-order valence-electron chi connectivity index (χ0n) is 11.5. The Bertz CT molecular complexity index is 832. The fourth-order valence-electron chi connectivity index (χ4n) is 1.88. The predicted octanol–water partition coefficient (Wildman–Crippen LogP) is 6.71. The van der Waals surface area contributed by atoms with Crippen molar-refractivity contribution in [3.05, 3.63) is 63.1 Å². The summed E-state index contributed by atoms with van der Waals surface area (Å²) in [5, 5.41) is 0.782. The summed E-state index contributed by atoms with van der Waals surface area (Å²) in [6, 6.07) is 8.78. The Hall–Kier alpha value is -1.63. The molecule has 1 nitrogen and oxygen atoms in total. The number of benzene rings is 1. The molecule has 0 unspecified atom stereocenters. The Morgan fingerprint density at radius 2 is 1.65 bits per heavy atom. The van der Waals surface area contributed by atoms with E-state index in [9.17, 15) is 13.2 Å². The van der Waals surface area contributed by atoms with E-state index in [4.69, 9.17) is 11.6 Å². The monoisotopic (exact) mass is 371 g/mol. The molecule has 0 aliphatic heterocycles. The van der Waals surface area contributed by atoms with Crippen molar-refractivity contribution < 1.29 is 13.2 Å². The van der Waals surface area contributed by atoms with Crippen molar-refractivity contribution in [2.24, 2.45) is 0 Å². The highest BCUT2D eigenvalue weighted by atomic mass is 35.5. The van der Waals surface area contributed by atoms with Gasteiger partial charge in [0.1, 0.15) is 5.01 Å². The van der Waals surface area contributed by atoms with Gasteiger partial charge in [-0.2, -0.15) is 13.2 Å². The van der Waals surface area contributed by atoms with Crippen molar-refractivity contribution >= 4 is 46.4 Å². The zero-order chi connectivity index (χ0) is 16.4. The maximum absolute atomic E-state index is 12.5. The molecule has 0 saturated carbocycles. The minimum Gasteiger partial charge on any atom is -0.244 e. The molecule has 3 aromatic rings. The SMILES string of the molecule is FC(F)(F)c1ccc(/C=C/c2ncc(-c3ccc(Cl)s3)s2)cc1. The van der Waals surface area contributed by atoms with Crippen molar-refractivity contribution in [2.75, 3.05) is 0 Å². The first-order chi connectivity index (χ1) is 10.9. The molecule has 0 aliphatic rings. The van der Waals surface area contributed by atoms with E-state index in [-0.39, 0.29) is 0 Å².